The quantitative estimate of drug-likeness (QED) is 0.715. The van der Waals surface area contributed by atoms with Crippen LogP contribution in [0.1, 0.15) is 47.8 Å². The van der Waals surface area contributed by atoms with Crippen molar-refractivity contribution in [2.24, 2.45) is 0 Å². The van der Waals surface area contributed by atoms with E-state index in [0.717, 1.165) is 29.9 Å². The second-order valence-electron chi connectivity index (χ2n) is 8.06. The molecule has 0 aromatic heterocycles. The van der Waals surface area contributed by atoms with E-state index in [2.05, 4.69) is 4.90 Å². The number of piperazine rings is 1. The molecule has 2 heterocycles. The third kappa shape index (κ3) is 4.38. The van der Waals surface area contributed by atoms with Crippen LogP contribution in [0.3, 0.4) is 0 Å². The van der Waals surface area contributed by atoms with Crippen molar-refractivity contribution >= 4 is 29.4 Å². The molecule has 6 heteroatoms. The van der Waals surface area contributed by atoms with Gasteiger partial charge in [-0.2, -0.15) is 0 Å². The molecule has 0 bridgehead atoms. The minimum absolute atomic E-state index is 0.0562. The van der Waals surface area contributed by atoms with E-state index in [9.17, 15) is 14.4 Å². The Balaban J connectivity index is 1.41. The molecule has 31 heavy (non-hydrogen) atoms. The minimum Gasteiger partial charge on any atom is -0.368 e. The number of nitrogens with zero attached hydrogens (tertiary/aromatic N) is 3. The topological polar surface area (TPSA) is 60.9 Å². The lowest BCUT2D eigenvalue weighted by molar-refractivity contribution is -0.134. The van der Waals surface area contributed by atoms with Gasteiger partial charge in [0, 0.05) is 50.6 Å². The summed E-state index contributed by atoms with van der Waals surface area (Å²) >= 11 is 0. The Bertz CT molecular complexity index is 1020. The molecule has 1 saturated heterocycles. The second kappa shape index (κ2) is 8.76. The lowest BCUT2D eigenvalue weighted by atomic mass is 9.93. The van der Waals surface area contributed by atoms with Gasteiger partial charge in [-0.25, -0.2) is 0 Å². The third-order valence-electron chi connectivity index (χ3n) is 6.11. The Morgan fingerprint density at radius 3 is 2.23 bits per heavy atom. The molecule has 2 amide bonds. The van der Waals surface area contributed by atoms with E-state index < -0.39 is 0 Å². The van der Waals surface area contributed by atoms with Crippen molar-refractivity contribution in [1.82, 2.24) is 9.80 Å². The molecule has 160 valence electrons. The van der Waals surface area contributed by atoms with Crippen LogP contribution in [0.4, 0.5) is 5.69 Å². The van der Waals surface area contributed by atoms with Gasteiger partial charge in [-0.05, 0) is 48.4 Å². The fourth-order valence-corrected chi connectivity index (χ4v) is 4.33. The summed E-state index contributed by atoms with van der Waals surface area (Å²) in [5, 5.41) is 0. The molecule has 4 rings (SSSR count). The number of hydrogen-bond donors (Lipinski definition) is 0. The van der Waals surface area contributed by atoms with E-state index in [0.29, 0.717) is 18.7 Å². The summed E-state index contributed by atoms with van der Waals surface area (Å²) in [6.45, 7) is 5.85. The van der Waals surface area contributed by atoms with E-state index in [1.165, 1.54) is 6.92 Å². The van der Waals surface area contributed by atoms with E-state index in [1.807, 2.05) is 59.5 Å². The number of carbonyl (C=O) groups is 3. The highest BCUT2D eigenvalue weighted by molar-refractivity contribution is 5.94. The summed E-state index contributed by atoms with van der Waals surface area (Å²) in [5.41, 5.74) is 3.83. The van der Waals surface area contributed by atoms with Crippen molar-refractivity contribution in [2.45, 2.75) is 26.3 Å². The Kier molecular flexibility index (Phi) is 5.89. The van der Waals surface area contributed by atoms with Gasteiger partial charge in [0.15, 0.2) is 5.78 Å². The van der Waals surface area contributed by atoms with Gasteiger partial charge in [0.25, 0.3) is 0 Å². The molecule has 2 aromatic carbocycles. The van der Waals surface area contributed by atoms with Crippen molar-refractivity contribution in [3.8, 4) is 0 Å². The van der Waals surface area contributed by atoms with Crippen LogP contribution >= 0.6 is 0 Å². The van der Waals surface area contributed by atoms with Gasteiger partial charge >= 0.3 is 0 Å². The van der Waals surface area contributed by atoms with Crippen LogP contribution in [-0.4, -0.2) is 53.6 Å². The Morgan fingerprint density at radius 1 is 0.903 bits per heavy atom. The fourth-order valence-electron chi connectivity index (χ4n) is 4.33. The number of rotatable bonds is 4. The first-order valence-electron chi connectivity index (χ1n) is 10.6. The molecule has 1 fully saturated rings. The zero-order chi connectivity index (χ0) is 22.0. The van der Waals surface area contributed by atoms with Crippen LogP contribution in [0.2, 0.25) is 0 Å². The van der Waals surface area contributed by atoms with Crippen molar-refractivity contribution in [3.63, 3.8) is 0 Å². The van der Waals surface area contributed by atoms with Crippen LogP contribution in [0.5, 0.6) is 0 Å². The molecule has 2 aromatic rings. The average molecular weight is 418 g/mol. The van der Waals surface area contributed by atoms with E-state index >= 15 is 0 Å². The lowest BCUT2D eigenvalue weighted by Gasteiger charge is -2.38. The maximum atomic E-state index is 13.1. The number of amides is 2. The van der Waals surface area contributed by atoms with Crippen LogP contribution in [0, 0.1) is 0 Å². The maximum Gasteiger partial charge on any atom is 0.225 e. The third-order valence-corrected chi connectivity index (χ3v) is 6.11. The molecule has 1 atom stereocenters. The first-order valence-corrected chi connectivity index (χ1v) is 10.6. The standard InChI is InChI=1S/C25H27N3O3/c1-18(29)20-7-9-22(10-8-20)26-13-15-27(16-14-26)25(31)17-24-23-6-4-3-5-21(23)11-12-28(24)19(2)30/h3-12,24H,13-17H2,1-2H3/t24-/m0/s1. The van der Waals surface area contributed by atoms with Crippen molar-refractivity contribution < 1.29 is 14.4 Å². The van der Waals surface area contributed by atoms with E-state index in [4.69, 9.17) is 0 Å². The van der Waals surface area contributed by atoms with Crippen LogP contribution in [-0.2, 0) is 9.59 Å². The van der Waals surface area contributed by atoms with Crippen LogP contribution in [0.15, 0.2) is 54.7 Å². The summed E-state index contributed by atoms with van der Waals surface area (Å²) < 4.78 is 0. The Hall–Kier alpha value is -3.41. The molecule has 2 aliphatic heterocycles. The number of ketones is 1. The SMILES string of the molecule is CC(=O)c1ccc(N2CCN(C(=O)C[C@H]3c4ccccc4C=CN3C(C)=O)CC2)cc1. The van der Waals surface area contributed by atoms with Crippen molar-refractivity contribution in [3.05, 3.63) is 71.4 Å². The number of anilines is 1. The molecule has 0 radical (unpaired) electrons. The van der Waals surface area contributed by atoms with Gasteiger partial charge in [0.05, 0.1) is 12.5 Å². The largest absolute Gasteiger partial charge is 0.368 e. The number of fused-ring (bicyclic) bond motifs is 1. The molecule has 0 aliphatic carbocycles. The molecule has 0 spiro atoms. The van der Waals surface area contributed by atoms with Crippen molar-refractivity contribution in [2.75, 3.05) is 31.1 Å². The predicted octanol–water partition coefficient (Wildman–Crippen LogP) is 3.50. The average Bonchev–Trinajstić information content (AvgIpc) is 2.79. The highest BCUT2D eigenvalue weighted by atomic mass is 16.2. The lowest BCUT2D eigenvalue weighted by Crippen LogP contribution is -2.49. The predicted molar refractivity (Wildman–Crippen MR) is 121 cm³/mol. The summed E-state index contributed by atoms with van der Waals surface area (Å²) in [7, 11) is 0. The number of benzene rings is 2. The Morgan fingerprint density at radius 2 is 1.58 bits per heavy atom. The first-order chi connectivity index (χ1) is 14.9. The Labute approximate surface area is 182 Å². The molecule has 0 N–H and O–H groups in total. The summed E-state index contributed by atoms with van der Waals surface area (Å²) in [5.74, 6) is 0.0519. The number of Topliss-reactive ketones (excluding diaryl/α,β-unsaturated/α-hetero) is 1. The number of hydrogen-bond acceptors (Lipinski definition) is 4. The second-order valence-corrected chi connectivity index (χ2v) is 8.06. The van der Waals surface area contributed by atoms with Gasteiger partial charge in [0.1, 0.15) is 0 Å². The molecule has 2 aliphatic rings. The van der Waals surface area contributed by atoms with Crippen LogP contribution < -0.4 is 4.90 Å². The maximum absolute atomic E-state index is 13.1. The van der Waals surface area contributed by atoms with E-state index in [-0.39, 0.29) is 30.1 Å². The molecule has 0 unspecified atom stereocenters. The smallest absolute Gasteiger partial charge is 0.225 e. The molecule has 6 nitrogen and oxygen atoms in total. The van der Waals surface area contributed by atoms with Gasteiger partial charge < -0.3 is 14.7 Å². The summed E-state index contributed by atoms with van der Waals surface area (Å²) in [6, 6.07) is 15.3. The normalized spacial score (nSPS) is 18.0. The molecular weight excluding hydrogens is 390 g/mol. The zero-order valence-corrected chi connectivity index (χ0v) is 18.0. The van der Waals surface area contributed by atoms with Gasteiger partial charge in [-0.15, -0.1) is 0 Å². The monoisotopic (exact) mass is 417 g/mol. The molecular formula is C25H27N3O3. The summed E-state index contributed by atoms with van der Waals surface area (Å²) in [4.78, 5) is 42.5. The zero-order valence-electron chi connectivity index (χ0n) is 18.0. The van der Waals surface area contributed by atoms with Gasteiger partial charge in [-0.1, -0.05) is 24.3 Å². The highest BCUT2D eigenvalue weighted by Gasteiger charge is 2.31. The van der Waals surface area contributed by atoms with Gasteiger partial charge in [0.2, 0.25) is 11.8 Å². The summed E-state index contributed by atoms with van der Waals surface area (Å²) in [6.07, 6.45) is 3.98. The van der Waals surface area contributed by atoms with Gasteiger partial charge in [-0.3, -0.25) is 14.4 Å². The molecule has 0 saturated carbocycles. The number of carbonyl (C=O) groups excluding carboxylic acids is 3. The van der Waals surface area contributed by atoms with Crippen LogP contribution in [0.25, 0.3) is 6.08 Å². The highest BCUT2D eigenvalue weighted by Crippen LogP contribution is 2.33. The van der Waals surface area contributed by atoms with E-state index in [1.54, 1.807) is 18.0 Å². The van der Waals surface area contributed by atoms with Crippen molar-refractivity contribution in [1.29, 1.82) is 0 Å². The first kappa shape index (κ1) is 20.8. The minimum atomic E-state index is -0.275. The fraction of sp³-hybridized carbons (Fsp3) is 0.320.